The van der Waals surface area contributed by atoms with Crippen molar-refractivity contribution in [3.63, 3.8) is 0 Å². The Bertz CT molecular complexity index is 295. The van der Waals surface area contributed by atoms with Crippen LogP contribution in [0.1, 0.15) is 20.3 Å². The van der Waals surface area contributed by atoms with Crippen molar-refractivity contribution in [2.24, 2.45) is 5.73 Å². The molecule has 0 bridgehead atoms. The number of rotatable bonds is 6. The minimum atomic E-state index is -0.330. The summed E-state index contributed by atoms with van der Waals surface area (Å²) in [5.74, 6) is -0.330. The summed E-state index contributed by atoms with van der Waals surface area (Å²) >= 11 is 0. The summed E-state index contributed by atoms with van der Waals surface area (Å²) in [4.78, 5) is 14.9. The standard InChI is InChI=1S/C9H17N5O/c1-7(2)13-8(9(10)15)3-4-14-6-11-5-12-14/h5-8,13H,3-4H2,1-2H3,(H2,10,15). The Hall–Kier alpha value is -1.43. The van der Waals surface area contributed by atoms with Gasteiger partial charge in [0.15, 0.2) is 0 Å². The highest BCUT2D eigenvalue weighted by Gasteiger charge is 2.15. The molecule has 1 amide bonds. The third kappa shape index (κ3) is 4.07. The maximum absolute atomic E-state index is 11.1. The smallest absolute Gasteiger partial charge is 0.234 e. The monoisotopic (exact) mass is 211 g/mol. The molecule has 1 atom stereocenters. The maximum Gasteiger partial charge on any atom is 0.234 e. The van der Waals surface area contributed by atoms with Gasteiger partial charge >= 0.3 is 0 Å². The Morgan fingerprint density at radius 1 is 1.60 bits per heavy atom. The molecular weight excluding hydrogens is 194 g/mol. The molecule has 0 aliphatic heterocycles. The highest BCUT2D eigenvalue weighted by atomic mass is 16.1. The van der Waals surface area contributed by atoms with Crippen LogP contribution in [0.5, 0.6) is 0 Å². The van der Waals surface area contributed by atoms with Crippen LogP contribution in [0.4, 0.5) is 0 Å². The van der Waals surface area contributed by atoms with E-state index in [1.165, 1.54) is 6.33 Å². The van der Waals surface area contributed by atoms with Gasteiger partial charge in [-0.15, -0.1) is 0 Å². The van der Waals surface area contributed by atoms with Crippen molar-refractivity contribution in [3.8, 4) is 0 Å². The average Bonchev–Trinajstić information content (AvgIpc) is 2.63. The van der Waals surface area contributed by atoms with E-state index in [0.29, 0.717) is 13.0 Å². The highest BCUT2D eigenvalue weighted by Crippen LogP contribution is 1.96. The van der Waals surface area contributed by atoms with E-state index in [0.717, 1.165) is 0 Å². The van der Waals surface area contributed by atoms with Crippen LogP contribution in [0.15, 0.2) is 12.7 Å². The van der Waals surface area contributed by atoms with Gasteiger partial charge in [0.05, 0.1) is 6.04 Å². The fourth-order valence-electron chi connectivity index (χ4n) is 1.32. The van der Waals surface area contributed by atoms with E-state index in [9.17, 15) is 4.79 Å². The second-order valence-corrected chi connectivity index (χ2v) is 3.72. The van der Waals surface area contributed by atoms with Gasteiger partial charge in [0, 0.05) is 12.6 Å². The first-order valence-corrected chi connectivity index (χ1v) is 4.97. The van der Waals surface area contributed by atoms with Gasteiger partial charge in [0.1, 0.15) is 12.7 Å². The van der Waals surface area contributed by atoms with Crippen LogP contribution in [0, 0.1) is 0 Å². The van der Waals surface area contributed by atoms with Gasteiger partial charge in [-0.3, -0.25) is 9.48 Å². The van der Waals surface area contributed by atoms with E-state index >= 15 is 0 Å². The fraction of sp³-hybridized carbons (Fsp3) is 0.667. The molecule has 0 spiro atoms. The predicted octanol–water partition coefficient (Wildman–Crippen LogP) is -0.480. The molecule has 1 aromatic rings. The van der Waals surface area contributed by atoms with Crippen LogP contribution < -0.4 is 11.1 Å². The molecule has 0 radical (unpaired) electrons. The Balaban J connectivity index is 2.41. The first-order valence-electron chi connectivity index (χ1n) is 4.97. The van der Waals surface area contributed by atoms with Crippen molar-refractivity contribution >= 4 is 5.91 Å². The van der Waals surface area contributed by atoms with Gasteiger partial charge in [-0.1, -0.05) is 13.8 Å². The molecule has 0 aromatic carbocycles. The highest BCUT2D eigenvalue weighted by molar-refractivity contribution is 5.79. The van der Waals surface area contributed by atoms with Gasteiger partial charge in [-0.05, 0) is 6.42 Å². The lowest BCUT2D eigenvalue weighted by Gasteiger charge is -2.17. The van der Waals surface area contributed by atoms with Gasteiger partial charge in [-0.25, -0.2) is 4.98 Å². The molecule has 1 rings (SSSR count). The fourth-order valence-corrected chi connectivity index (χ4v) is 1.32. The van der Waals surface area contributed by atoms with Gasteiger partial charge in [0.25, 0.3) is 0 Å². The van der Waals surface area contributed by atoms with E-state index in [-0.39, 0.29) is 18.0 Å². The third-order valence-electron chi connectivity index (χ3n) is 1.99. The molecule has 84 valence electrons. The van der Waals surface area contributed by atoms with E-state index in [2.05, 4.69) is 15.4 Å². The zero-order chi connectivity index (χ0) is 11.3. The molecule has 1 unspecified atom stereocenters. The van der Waals surface area contributed by atoms with Crippen molar-refractivity contribution < 1.29 is 4.79 Å². The first-order chi connectivity index (χ1) is 7.09. The number of aromatic nitrogens is 3. The number of carbonyl (C=O) groups is 1. The normalized spacial score (nSPS) is 13.0. The van der Waals surface area contributed by atoms with Crippen LogP contribution in [0.3, 0.4) is 0 Å². The van der Waals surface area contributed by atoms with Crippen LogP contribution in [0.25, 0.3) is 0 Å². The zero-order valence-corrected chi connectivity index (χ0v) is 9.05. The summed E-state index contributed by atoms with van der Waals surface area (Å²) < 4.78 is 1.68. The van der Waals surface area contributed by atoms with Crippen LogP contribution in [-0.2, 0) is 11.3 Å². The summed E-state index contributed by atoms with van der Waals surface area (Å²) in [5, 5.41) is 7.06. The van der Waals surface area contributed by atoms with Crippen LogP contribution in [-0.4, -0.2) is 32.8 Å². The largest absolute Gasteiger partial charge is 0.368 e. The summed E-state index contributed by atoms with van der Waals surface area (Å²) in [7, 11) is 0. The lowest BCUT2D eigenvalue weighted by Crippen LogP contribution is -2.45. The van der Waals surface area contributed by atoms with E-state index in [1.54, 1.807) is 11.0 Å². The summed E-state index contributed by atoms with van der Waals surface area (Å²) in [6, 6.07) is -0.0764. The van der Waals surface area contributed by atoms with Crippen molar-refractivity contribution in [1.29, 1.82) is 0 Å². The Morgan fingerprint density at radius 3 is 2.80 bits per heavy atom. The van der Waals surface area contributed by atoms with E-state index < -0.39 is 0 Å². The van der Waals surface area contributed by atoms with Crippen LogP contribution in [0.2, 0.25) is 0 Å². The number of nitrogens with two attached hydrogens (primary N) is 1. The molecule has 0 aliphatic rings. The van der Waals surface area contributed by atoms with E-state index in [4.69, 9.17) is 5.73 Å². The van der Waals surface area contributed by atoms with Crippen molar-refractivity contribution in [3.05, 3.63) is 12.7 Å². The second kappa shape index (κ2) is 5.45. The Kier molecular flexibility index (Phi) is 4.23. The SMILES string of the molecule is CC(C)NC(CCn1cncn1)C(N)=O. The lowest BCUT2D eigenvalue weighted by atomic mass is 10.1. The van der Waals surface area contributed by atoms with Crippen molar-refractivity contribution in [2.45, 2.75) is 38.9 Å². The number of nitrogens with one attached hydrogen (secondary N) is 1. The number of primary amides is 1. The number of hydrogen-bond donors (Lipinski definition) is 2. The predicted molar refractivity (Wildman–Crippen MR) is 55.9 cm³/mol. The molecular formula is C9H17N5O. The quantitative estimate of drug-likeness (QED) is 0.665. The molecule has 6 heteroatoms. The molecule has 6 nitrogen and oxygen atoms in total. The number of nitrogens with zero attached hydrogens (tertiary/aromatic N) is 3. The summed E-state index contributed by atoms with van der Waals surface area (Å²) in [6.07, 6.45) is 3.71. The molecule has 15 heavy (non-hydrogen) atoms. The van der Waals surface area contributed by atoms with E-state index in [1.807, 2.05) is 13.8 Å². The van der Waals surface area contributed by atoms with Crippen LogP contribution >= 0.6 is 0 Å². The summed E-state index contributed by atoms with van der Waals surface area (Å²) in [5.41, 5.74) is 5.28. The molecule has 1 aromatic heterocycles. The van der Waals surface area contributed by atoms with Gasteiger partial charge in [0.2, 0.25) is 5.91 Å². The summed E-state index contributed by atoms with van der Waals surface area (Å²) in [6.45, 7) is 4.59. The minimum absolute atomic E-state index is 0.234. The molecule has 0 aliphatic carbocycles. The molecule has 0 saturated carbocycles. The zero-order valence-electron chi connectivity index (χ0n) is 9.05. The minimum Gasteiger partial charge on any atom is -0.368 e. The maximum atomic E-state index is 11.1. The molecule has 0 saturated heterocycles. The molecule has 0 fully saturated rings. The first kappa shape index (κ1) is 11.6. The second-order valence-electron chi connectivity index (χ2n) is 3.72. The number of carbonyl (C=O) groups excluding carboxylic acids is 1. The van der Waals surface area contributed by atoms with Crippen molar-refractivity contribution in [1.82, 2.24) is 20.1 Å². The lowest BCUT2D eigenvalue weighted by molar-refractivity contribution is -0.120. The third-order valence-corrected chi connectivity index (χ3v) is 1.99. The number of amides is 1. The van der Waals surface area contributed by atoms with Crippen molar-refractivity contribution in [2.75, 3.05) is 0 Å². The number of aryl methyl sites for hydroxylation is 1. The Morgan fingerprint density at radius 2 is 2.33 bits per heavy atom. The van der Waals surface area contributed by atoms with Gasteiger partial charge < -0.3 is 11.1 Å². The Labute approximate surface area is 88.9 Å². The molecule has 3 N–H and O–H groups in total. The molecule has 1 heterocycles. The number of hydrogen-bond acceptors (Lipinski definition) is 4. The van der Waals surface area contributed by atoms with Gasteiger partial charge in [-0.2, -0.15) is 5.10 Å². The topological polar surface area (TPSA) is 85.8 Å². The average molecular weight is 211 g/mol.